The summed E-state index contributed by atoms with van der Waals surface area (Å²) >= 11 is 1.33. The molecular formula is C22H23N5O4S. The summed E-state index contributed by atoms with van der Waals surface area (Å²) in [5.41, 5.74) is 1.88. The van der Waals surface area contributed by atoms with Crippen molar-refractivity contribution in [2.45, 2.75) is 24.0 Å². The van der Waals surface area contributed by atoms with Gasteiger partial charge < -0.3 is 19.1 Å². The van der Waals surface area contributed by atoms with Crippen LogP contribution in [0.3, 0.4) is 0 Å². The molecule has 0 saturated carbocycles. The fourth-order valence-corrected chi connectivity index (χ4v) is 4.82. The third-order valence-electron chi connectivity index (χ3n) is 5.61. The Hall–Kier alpha value is -3.27. The van der Waals surface area contributed by atoms with Gasteiger partial charge in [0.15, 0.2) is 11.5 Å². The molecular weight excluding hydrogens is 430 g/mol. The lowest BCUT2D eigenvalue weighted by Crippen LogP contribution is -2.32. The molecule has 1 unspecified atom stereocenters. The highest BCUT2D eigenvalue weighted by Crippen LogP contribution is 2.38. The Bertz CT molecular complexity index is 1100. The molecule has 5 rings (SSSR count). The minimum Gasteiger partial charge on any atom is -0.497 e. The van der Waals surface area contributed by atoms with Crippen LogP contribution in [0, 0.1) is 0 Å². The van der Waals surface area contributed by atoms with Gasteiger partial charge in [-0.15, -0.1) is 5.10 Å². The van der Waals surface area contributed by atoms with E-state index in [-0.39, 0.29) is 17.7 Å². The fourth-order valence-electron chi connectivity index (χ4n) is 4.04. The van der Waals surface area contributed by atoms with Gasteiger partial charge in [-0.25, -0.2) is 0 Å². The van der Waals surface area contributed by atoms with Gasteiger partial charge in [-0.05, 0) is 65.2 Å². The van der Waals surface area contributed by atoms with E-state index in [9.17, 15) is 4.79 Å². The van der Waals surface area contributed by atoms with Crippen molar-refractivity contribution in [2.75, 3.05) is 32.6 Å². The van der Waals surface area contributed by atoms with Gasteiger partial charge in [-0.1, -0.05) is 17.8 Å². The Morgan fingerprint density at radius 1 is 1.16 bits per heavy atom. The van der Waals surface area contributed by atoms with E-state index < -0.39 is 0 Å². The van der Waals surface area contributed by atoms with E-state index in [1.165, 1.54) is 11.8 Å². The summed E-state index contributed by atoms with van der Waals surface area (Å²) in [6.07, 6.45) is 1.90. The Balaban J connectivity index is 1.27. The van der Waals surface area contributed by atoms with Crippen molar-refractivity contribution in [1.29, 1.82) is 0 Å². The number of carbonyl (C=O) groups excluding carboxylic acids is 1. The molecule has 1 aromatic heterocycles. The van der Waals surface area contributed by atoms with Gasteiger partial charge >= 0.3 is 0 Å². The molecule has 0 spiro atoms. The molecule has 1 atom stereocenters. The summed E-state index contributed by atoms with van der Waals surface area (Å²) < 4.78 is 18.2. The van der Waals surface area contributed by atoms with Crippen molar-refractivity contribution in [3.8, 4) is 22.9 Å². The number of hydrogen-bond donors (Lipinski definition) is 0. The van der Waals surface area contributed by atoms with Crippen LogP contribution in [0.4, 0.5) is 0 Å². The Morgan fingerprint density at radius 3 is 2.78 bits per heavy atom. The van der Waals surface area contributed by atoms with Gasteiger partial charge in [0.1, 0.15) is 19.0 Å². The normalized spacial score (nSPS) is 17.4. The fraction of sp³-hybridized carbons (Fsp3) is 0.364. The third-order valence-corrected chi connectivity index (χ3v) is 6.51. The molecule has 0 aliphatic carbocycles. The van der Waals surface area contributed by atoms with Gasteiger partial charge in [0, 0.05) is 6.54 Å². The maximum absolute atomic E-state index is 13.1. The smallest absolute Gasteiger partial charge is 0.233 e. The minimum absolute atomic E-state index is 0.0384. The second-order valence-electron chi connectivity index (χ2n) is 7.51. The summed E-state index contributed by atoms with van der Waals surface area (Å²) in [6.45, 7) is 1.85. The average molecular weight is 454 g/mol. The first kappa shape index (κ1) is 20.6. The predicted octanol–water partition coefficient (Wildman–Crippen LogP) is 2.90. The number of ether oxygens (including phenoxy) is 3. The molecule has 166 valence electrons. The molecule has 1 saturated heterocycles. The van der Waals surface area contributed by atoms with Crippen LogP contribution in [0.15, 0.2) is 47.6 Å². The average Bonchev–Trinajstić information content (AvgIpc) is 3.52. The summed E-state index contributed by atoms with van der Waals surface area (Å²) in [5, 5.41) is 12.5. The number of amides is 1. The zero-order valence-corrected chi connectivity index (χ0v) is 18.5. The SMILES string of the molecule is COc1ccc(-n2nnnc2SCC(=O)N2CCCC2c2ccc3c(c2)OCCO3)cc1. The van der Waals surface area contributed by atoms with Crippen LogP contribution in [-0.4, -0.2) is 63.6 Å². The second kappa shape index (κ2) is 9.07. The second-order valence-corrected chi connectivity index (χ2v) is 8.45. The van der Waals surface area contributed by atoms with Crippen LogP contribution in [0.1, 0.15) is 24.4 Å². The quantitative estimate of drug-likeness (QED) is 0.526. The van der Waals surface area contributed by atoms with Gasteiger partial charge in [-0.2, -0.15) is 4.68 Å². The van der Waals surface area contributed by atoms with Crippen molar-refractivity contribution in [3.05, 3.63) is 48.0 Å². The van der Waals surface area contributed by atoms with E-state index in [0.29, 0.717) is 18.4 Å². The molecule has 0 bridgehead atoms. The number of benzene rings is 2. The first-order valence-electron chi connectivity index (χ1n) is 10.5. The summed E-state index contributed by atoms with van der Waals surface area (Å²) in [7, 11) is 1.62. The molecule has 2 aliphatic heterocycles. The van der Waals surface area contributed by atoms with Crippen LogP contribution < -0.4 is 14.2 Å². The standard InChI is InChI=1S/C22H23N5O4S/c1-29-17-7-5-16(6-8-17)27-22(23-24-25-27)32-14-21(28)26-10-2-3-18(26)15-4-9-19-20(13-15)31-12-11-30-19/h4-9,13,18H,2-3,10-12,14H2,1H3. The number of fused-ring (bicyclic) bond motifs is 1. The summed E-state index contributed by atoms with van der Waals surface area (Å²) in [4.78, 5) is 15.0. The maximum Gasteiger partial charge on any atom is 0.233 e. The number of methoxy groups -OCH3 is 1. The number of rotatable bonds is 6. The summed E-state index contributed by atoms with van der Waals surface area (Å²) in [5.74, 6) is 2.59. The number of carbonyl (C=O) groups is 1. The van der Waals surface area contributed by atoms with E-state index in [1.807, 2.05) is 47.4 Å². The van der Waals surface area contributed by atoms with Gasteiger partial charge in [0.05, 0.1) is 24.6 Å². The highest BCUT2D eigenvalue weighted by atomic mass is 32.2. The zero-order valence-electron chi connectivity index (χ0n) is 17.6. The molecule has 1 fully saturated rings. The molecule has 32 heavy (non-hydrogen) atoms. The molecule has 3 aromatic rings. The number of tetrazole rings is 1. The molecule has 1 amide bonds. The van der Waals surface area contributed by atoms with Crippen molar-refractivity contribution >= 4 is 17.7 Å². The number of likely N-dealkylation sites (tertiary alicyclic amines) is 1. The van der Waals surface area contributed by atoms with Crippen LogP contribution in [0.25, 0.3) is 5.69 Å². The molecule has 10 heteroatoms. The Labute approximate surface area is 189 Å². The molecule has 3 heterocycles. The van der Waals surface area contributed by atoms with Crippen molar-refractivity contribution < 1.29 is 19.0 Å². The van der Waals surface area contributed by atoms with E-state index in [1.54, 1.807) is 11.8 Å². The molecule has 0 N–H and O–H groups in total. The highest BCUT2D eigenvalue weighted by Gasteiger charge is 2.31. The minimum atomic E-state index is 0.0384. The predicted molar refractivity (Wildman–Crippen MR) is 118 cm³/mol. The molecule has 9 nitrogen and oxygen atoms in total. The Kier molecular flexibility index (Phi) is 5.85. The topological polar surface area (TPSA) is 91.6 Å². The lowest BCUT2D eigenvalue weighted by Gasteiger charge is -2.26. The molecule has 2 aliphatic rings. The highest BCUT2D eigenvalue weighted by molar-refractivity contribution is 7.99. The van der Waals surface area contributed by atoms with Crippen molar-refractivity contribution in [2.24, 2.45) is 0 Å². The lowest BCUT2D eigenvalue weighted by atomic mass is 10.0. The van der Waals surface area contributed by atoms with Gasteiger partial charge in [0.25, 0.3) is 0 Å². The van der Waals surface area contributed by atoms with Gasteiger partial charge in [0.2, 0.25) is 11.1 Å². The lowest BCUT2D eigenvalue weighted by molar-refractivity contribution is -0.129. The van der Waals surface area contributed by atoms with Crippen LogP contribution in [0.5, 0.6) is 17.2 Å². The van der Waals surface area contributed by atoms with E-state index in [2.05, 4.69) is 15.5 Å². The summed E-state index contributed by atoms with van der Waals surface area (Å²) in [6, 6.07) is 13.4. The number of nitrogens with zero attached hydrogens (tertiary/aromatic N) is 5. The Morgan fingerprint density at radius 2 is 1.97 bits per heavy atom. The van der Waals surface area contributed by atoms with Crippen molar-refractivity contribution in [3.63, 3.8) is 0 Å². The van der Waals surface area contributed by atoms with E-state index in [0.717, 1.165) is 47.9 Å². The van der Waals surface area contributed by atoms with E-state index in [4.69, 9.17) is 14.2 Å². The molecule has 0 radical (unpaired) electrons. The largest absolute Gasteiger partial charge is 0.497 e. The molecule has 2 aromatic carbocycles. The first-order valence-corrected chi connectivity index (χ1v) is 11.5. The number of hydrogen-bond acceptors (Lipinski definition) is 8. The number of aromatic nitrogens is 4. The van der Waals surface area contributed by atoms with Crippen LogP contribution >= 0.6 is 11.8 Å². The zero-order chi connectivity index (χ0) is 21.9. The monoisotopic (exact) mass is 453 g/mol. The van der Waals surface area contributed by atoms with Crippen molar-refractivity contribution in [1.82, 2.24) is 25.1 Å². The first-order chi connectivity index (χ1) is 15.7. The maximum atomic E-state index is 13.1. The van der Waals surface area contributed by atoms with Crippen LogP contribution in [-0.2, 0) is 4.79 Å². The number of thioether (sulfide) groups is 1. The van der Waals surface area contributed by atoms with E-state index >= 15 is 0 Å². The van der Waals surface area contributed by atoms with Crippen LogP contribution in [0.2, 0.25) is 0 Å². The third kappa shape index (κ3) is 4.10. The van der Waals surface area contributed by atoms with Gasteiger partial charge in [-0.3, -0.25) is 4.79 Å².